The van der Waals surface area contributed by atoms with Gasteiger partial charge >= 0.3 is 0 Å². The Labute approximate surface area is 99.2 Å². The van der Waals surface area contributed by atoms with E-state index >= 15 is 0 Å². The smallest absolute Gasteiger partial charge is 0.158 e. The molecule has 0 saturated heterocycles. The number of rotatable bonds is 2. The molecule has 1 aliphatic rings. The van der Waals surface area contributed by atoms with Crippen molar-refractivity contribution in [1.29, 1.82) is 0 Å². The van der Waals surface area contributed by atoms with Gasteiger partial charge in [-0.3, -0.25) is 4.68 Å². The molecule has 0 bridgehead atoms. The van der Waals surface area contributed by atoms with E-state index in [0.29, 0.717) is 11.9 Å². The summed E-state index contributed by atoms with van der Waals surface area (Å²) in [4.78, 5) is 4.59. The fourth-order valence-corrected chi connectivity index (χ4v) is 2.63. The van der Waals surface area contributed by atoms with Crippen molar-refractivity contribution >= 4 is 22.8 Å². The molecule has 2 aromatic rings. The van der Waals surface area contributed by atoms with Crippen LogP contribution in [0.25, 0.3) is 11.2 Å². The number of alkyl halides is 1. The molecule has 5 heteroatoms. The summed E-state index contributed by atoms with van der Waals surface area (Å²) in [6.45, 7) is 4.26. The SMILES string of the molecule is Cc1nn(C)c2c1nc(CCl)n2C1CC1C. The summed E-state index contributed by atoms with van der Waals surface area (Å²) in [7, 11) is 1.97. The van der Waals surface area contributed by atoms with Gasteiger partial charge in [-0.1, -0.05) is 6.92 Å². The Hall–Kier alpha value is -1.03. The molecule has 4 nitrogen and oxygen atoms in total. The average Bonchev–Trinajstić information content (AvgIpc) is 2.74. The lowest BCUT2D eigenvalue weighted by Crippen LogP contribution is -2.05. The number of hydrogen-bond donors (Lipinski definition) is 0. The van der Waals surface area contributed by atoms with Crippen LogP contribution in [0.15, 0.2) is 0 Å². The minimum Gasteiger partial charge on any atom is -0.308 e. The molecule has 0 N–H and O–H groups in total. The van der Waals surface area contributed by atoms with Gasteiger partial charge in [0, 0.05) is 13.1 Å². The second-order valence-corrected chi connectivity index (χ2v) is 4.96. The normalized spacial score (nSPS) is 24.2. The minimum atomic E-state index is 0.470. The van der Waals surface area contributed by atoms with Gasteiger partial charge in [0.2, 0.25) is 0 Å². The number of halogens is 1. The number of hydrogen-bond acceptors (Lipinski definition) is 2. The van der Waals surface area contributed by atoms with Gasteiger partial charge in [0.15, 0.2) is 5.65 Å². The monoisotopic (exact) mass is 238 g/mol. The summed E-state index contributed by atoms with van der Waals surface area (Å²) in [6, 6.07) is 0.563. The Morgan fingerprint density at radius 2 is 2.19 bits per heavy atom. The van der Waals surface area contributed by atoms with Crippen molar-refractivity contribution in [2.75, 3.05) is 0 Å². The van der Waals surface area contributed by atoms with Crippen molar-refractivity contribution in [2.45, 2.75) is 32.2 Å². The molecule has 2 atom stereocenters. The predicted molar refractivity (Wildman–Crippen MR) is 63.6 cm³/mol. The van der Waals surface area contributed by atoms with E-state index < -0.39 is 0 Å². The molecular formula is C11H15ClN4. The lowest BCUT2D eigenvalue weighted by atomic mass is 10.4. The summed E-state index contributed by atoms with van der Waals surface area (Å²) in [5.74, 6) is 2.17. The second-order valence-electron chi connectivity index (χ2n) is 4.69. The first-order valence-corrected chi connectivity index (χ1v) is 6.13. The molecule has 16 heavy (non-hydrogen) atoms. The average molecular weight is 239 g/mol. The molecule has 86 valence electrons. The third-order valence-corrected chi connectivity index (χ3v) is 3.67. The van der Waals surface area contributed by atoms with Gasteiger partial charge in [-0.15, -0.1) is 11.6 Å². The van der Waals surface area contributed by atoms with Crippen molar-refractivity contribution < 1.29 is 0 Å². The maximum atomic E-state index is 5.97. The number of nitrogens with zero attached hydrogens (tertiary/aromatic N) is 4. The van der Waals surface area contributed by atoms with E-state index in [1.54, 1.807) is 0 Å². The molecule has 0 spiro atoms. The van der Waals surface area contributed by atoms with Crippen LogP contribution >= 0.6 is 11.6 Å². The molecule has 1 saturated carbocycles. The lowest BCUT2D eigenvalue weighted by molar-refractivity contribution is 0.643. The van der Waals surface area contributed by atoms with Gasteiger partial charge in [-0.05, 0) is 19.3 Å². The zero-order valence-corrected chi connectivity index (χ0v) is 10.5. The van der Waals surface area contributed by atoms with Crippen molar-refractivity contribution in [3.63, 3.8) is 0 Å². The van der Waals surface area contributed by atoms with E-state index in [-0.39, 0.29) is 0 Å². The van der Waals surface area contributed by atoms with E-state index in [2.05, 4.69) is 21.6 Å². The molecule has 0 radical (unpaired) electrons. The van der Waals surface area contributed by atoms with Crippen molar-refractivity contribution in [3.05, 3.63) is 11.5 Å². The largest absolute Gasteiger partial charge is 0.308 e. The highest BCUT2D eigenvalue weighted by molar-refractivity contribution is 6.16. The lowest BCUT2D eigenvalue weighted by Gasteiger charge is -2.06. The zero-order chi connectivity index (χ0) is 11.4. The molecule has 1 aliphatic carbocycles. The minimum absolute atomic E-state index is 0.470. The summed E-state index contributed by atoms with van der Waals surface area (Å²) < 4.78 is 4.19. The summed E-state index contributed by atoms with van der Waals surface area (Å²) >= 11 is 5.97. The Morgan fingerprint density at radius 3 is 2.75 bits per heavy atom. The van der Waals surface area contributed by atoms with E-state index in [1.807, 2.05) is 18.7 Å². The van der Waals surface area contributed by atoms with E-state index in [4.69, 9.17) is 11.6 Å². The molecule has 2 aromatic heterocycles. The van der Waals surface area contributed by atoms with Crippen molar-refractivity contribution in [2.24, 2.45) is 13.0 Å². The Balaban J connectivity index is 2.29. The number of imidazole rings is 1. The fourth-order valence-electron chi connectivity index (χ4n) is 2.45. The van der Waals surface area contributed by atoms with Crippen LogP contribution in [0.5, 0.6) is 0 Å². The van der Waals surface area contributed by atoms with Crippen LogP contribution < -0.4 is 0 Å². The highest BCUT2D eigenvalue weighted by Gasteiger charge is 2.37. The zero-order valence-electron chi connectivity index (χ0n) is 9.74. The van der Waals surface area contributed by atoms with E-state index in [1.165, 1.54) is 6.42 Å². The third kappa shape index (κ3) is 1.22. The fraction of sp³-hybridized carbons (Fsp3) is 0.636. The van der Waals surface area contributed by atoms with Gasteiger partial charge in [-0.25, -0.2) is 4.98 Å². The Morgan fingerprint density at radius 1 is 1.50 bits per heavy atom. The van der Waals surface area contributed by atoms with Crippen LogP contribution in [0.1, 0.15) is 30.9 Å². The Kier molecular flexibility index (Phi) is 2.05. The van der Waals surface area contributed by atoms with Gasteiger partial charge in [0.05, 0.1) is 11.6 Å². The van der Waals surface area contributed by atoms with Crippen molar-refractivity contribution in [1.82, 2.24) is 19.3 Å². The molecule has 1 fully saturated rings. The number of fused-ring (bicyclic) bond motifs is 1. The van der Waals surface area contributed by atoms with Gasteiger partial charge < -0.3 is 4.57 Å². The first kappa shape index (κ1) is 10.1. The van der Waals surface area contributed by atoms with Crippen LogP contribution in [0.2, 0.25) is 0 Å². The highest BCUT2D eigenvalue weighted by atomic mass is 35.5. The highest BCUT2D eigenvalue weighted by Crippen LogP contribution is 2.45. The maximum Gasteiger partial charge on any atom is 0.158 e. The van der Waals surface area contributed by atoms with Gasteiger partial charge in [-0.2, -0.15) is 5.10 Å². The molecule has 0 aromatic carbocycles. The first-order chi connectivity index (χ1) is 7.63. The van der Waals surface area contributed by atoms with Crippen LogP contribution in [0.3, 0.4) is 0 Å². The molecule has 3 rings (SSSR count). The van der Waals surface area contributed by atoms with Crippen molar-refractivity contribution in [3.8, 4) is 0 Å². The topological polar surface area (TPSA) is 35.6 Å². The van der Waals surface area contributed by atoms with E-state index in [0.717, 1.165) is 28.6 Å². The molecule has 2 unspecified atom stereocenters. The summed E-state index contributed by atoms with van der Waals surface area (Å²) in [5.41, 5.74) is 3.09. The predicted octanol–water partition coefficient (Wildman–Crippen LogP) is 2.40. The van der Waals surface area contributed by atoms with Gasteiger partial charge in [0.25, 0.3) is 0 Å². The van der Waals surface area contributed by atoms with Crippen LogP contribution in [-0.2, 0) is 12.9 Å². The number of aryl methyl sites for hydroxylation is 2. The summed E-state index contributed by atoms with van der Waals surface area (Å²) in [5, 5.41) is 4.41. The number of aromatic nitrogens is 4. The van der Waals surface area contributed by atoms with E-state index in [9.17, 15) is 0 Å². The Bertz CT molecular complexity index is 554. The first-order valence-electron chi connectivity index (χ1n) is 5.60. The molecule has 2 heterocycles. The molecule has 0 aliphatic heterocycles. The quantitative estimate of drug-likeness (QED) is 0.754. The van der Waals surface area contributed by atoms with Crippen LogP contribution in [0, 0.1) is 12.8 Å². The third-order valence-electron chi connectivity index (χ3n) is 3.43. The van der Waals surface area contributed by atoms with Crippen LogP contribution in [0.4, 0.5) is 0 Å². The standard InChI is InChI=1S/C11H15ClN4/c1-6-4-8(6)16-9(5-12)13-10-7(2)14-15(3)11(10)16/h6,8H,4-5H2,1-3H3. The molecular weight excluding hydrogens is 224 g/mol. The van der Waals surface area contributed by atoms with Crippen LogP contribution in [-0.4, -0.2) is 19.3 Å². The second kappa shape index (κ2) is 3.23. The summed E-state index contributed by atoms with van der Waals surface area (Å²) in [6.07, 6.45) is 1.22. The van der Waals surface area contributed by atoms with Gasteiger partial charge in [0.1, 0.15) is 11.3 Å². The maximum absolute atomic E-state index is 5.97. The molecule has 0 amide bonds.